The quantitative estimate of drug-likeness (QED) is 0.833. The number of halogens is 1. The SMILES string of the molecule is CCOc1cc(C#N)ccc1OCc1ccc(F)cc1. The minimum Gasteiger partial charge on any atom is -0.490 e. The van der Waals surface area contributed by atoms with Gasteiger partial charge in [-0.1, -0.05) is 12.1 Å². The molecule has 0 aliphatic rings. The molecule has 0 unspecified atom stereocenters. The second kappa shape index (κ2) is 6.58. The van der Waals surface area contributed by atoms with Gasteiger partial charge in [0.05, 0.1) is 18.2 Å². The molecule has 0 spiro atoms. The Hall–Kier alpha value is -2.54. The molecule has 0 radical (unpaired) electrons. The van der Waals surface area contributed by atoms with Crippen LogP contribution < -0.4 is 9.47 Å². The van der Waals surface area contributed by atoms with Crippen molar-refractivity contribution in [2.75, 3.05) is 6.61 Å². The highest BCUT2D eigenvalue weighted by Gasteiger charge is 2.07. The van der Waals surface area contributed by atoms with E-state index in [9.17, 15) is 4.39 Å². The summed E-state index contributed by atoms with van der Waals surface area (Å²) in [5.41, 5.74) is 1.38. The molecule has 0 fully saturated rings. The van der Waals surface area contributed by atoms with Crippen molar-refractivity contribution in [2.45, 2.75) is 13.5 Å². The van der Waals surface area contributed by atoms with Crippen LogP contribution in [0.5, 0.6) is 11.5 Å². The van der Waals surface area contributed by atoms with Gasteiger partial charge in [-0.15, -0.1) is 0 Å². The van der Waals surface area contributed by atoms with Crippen molar-refractivity contribution >= 4 is 0 Å². The molecule has 0 aliphatic heterocycles. The summed E-state index contributed by atoms with van der Waals surface area (Å²) in [6.45, 7) is 2.66. The van der Waals surface area contributed by atoms with Crippen LogP contribution >= 0.6 is 0 Å². The molecule has 2 aromatic rings. The van der Waals surface area contributed by atoms with Gasteiger partial charge in [-0.3, -0.25) is 0 Å². The summed E-state index contributed by atoms with van der Waals surface area (Å²) in [6.07, 6.45) is 0. The highest BCUT2D eigenvalue weighted by molar-refractivity contribution is 5.46. The largest absolute Gasteiger partial charge is 0.490 e. The van der Waals surface area contributed by atoms with Crippen molar-refractivity contribution in [3.05, 3.63) is 59.4 Å². The number of hydrogen-bond donors (Lipinski definition) is 0. The van der Waals surface area contributed by atoms with E-state index in [4.69, 9.17) is 14.7 Å². The van der Waals surface area contributed by atoms with Crippen LogP contribution in [0.2, 0.25) is 0 Å². The Morgan fingerprint density at radius 3 is 2.45 bits per heavy atom. The van der Waals surface area contributed by atoms with Crippen LogP contribution in [0.3, 0.4) is 0 Å². The fourth-order valence-electron chi connectivity index (χ4n) is 1.71. The summed E-state index contributed by atoms with van der Waals surface area (Å²) in [6, 6.07) is 13.2. The lowest BCUT2D eigenvalue weighted by atomic mass is 10.2. The Labute approximate surface area is 117 Å². The smallest absolute Gasteiger partial charge is 0.162 e. The molecule has 0 atom stereocenters. The van der Waals surface area contributed by atoms with E-state index in [0.29, 0.717) is 30.3 Å². The van der Waals surface area contributed by atoms with Gasteiger partial charge < -0.3 is 9.47 Å². The molecule has 3 nitrogen and oxygen atoms in total. The van der Waals surface area contributed by atoms with E-state index in [2.05, 4.69) is 6.07 Å². The lowest BCUT2D eigenvalue weighted by Crippen LogP contribution is -2.00. The Morgan fingerprint density at radius 2 is 1.80 bits per heavy atom. The summed E-state index contributed by atoms with van der Waals surface area (Å²) >= 11 is 0. The third kappa shape index (κ3) is 3.48. The highest BCUT2D eigenvalue weighted by Crippen LogP contribution is 2.29. The van der Waals surface area contributed by atoms with Gasteiger partial charge in [0.2, 0.25) is 0 Å². The van der Waals surface area contributed by atoms with Crippen LogP contribution in [0, 0.1) is 17.1 Å². The normalized spacial score (nSPS) is 9.85. The second-order valence-corrected chi connectivity index (χ2v) is 4.12. The molecule has 0 amide bonds. The minimum absolute atomic E-state index is 0.276. The Kier molecular flexibility index (Phi) is 4.56. The van der Waals surface area contributed by atoms with Gasteiger partial charge in [0.15, 0.2) is 11.5 Å². The first-order valence-electron chi connectivity index (χ1n) is 6.27. The lowest BCUT2D eigenvalue weighted by Gasteiger charge is -2.12. The minimum atomic E-state index is -0.276. The molecule has 0 N–H and O–H groups in total. The fourth-order valence-corrected chi connectivity index (χ4v) is 1.71. The average Bonchev–Trinajstić information content (AvgIpc) is 2.48. The van der Waals surface area contributed by atoms with E-state index in [1.54, 1.807) is 30.3 Å². The highest BCUT2D eigenvalue weighted by atomic mass is 19.1. The number of benzene rings is 2. The van der Waals surface area contributed by atoms with Gasteiger partial charge in [-0.25, -0.2) is 4.39 Å². The number of nitrogens with zero attached hydrogens (tertiary/aromatic N) is 1. The van der Waals surface area contributed by atoms with Gasteiger partial charge in [-0.2, -0.15) is 5.26 Å². The topological polar surface area (TPSA) is 42.2 Å². The summed E-state index contributed by atoms with van der Waals surface area (Å²) in [4.78, 5) is 0. The Bertz CT molecular complexity index is 617. The van der Waals surface area contributed by atoms with Gasteiger partial charge >= 0.3 is 0 Å². The Balaban J connectivity index is 2.12. The molecule has 20 heavy (non-hydrogen) atoms. The van der Waals surface area contributed by atoms with Crippen molar-refractivity contribution in [3.63, 3.8) is 0 Å². The van der Waals surface area contributed by atoms with E-state index in [1.807, 2.05) is 6.92 Å². The zero-order valence-corrected chi connectivity index (χ0v) is 11.1. The molecule has 2 rings (SSSR count). The molecule has 102 valence electrons. The van der Waals surface area contributed by atoms with Crippen molar-refractivity contribution in [1.82, 2.24) is 0 Å². The molecule has 0 bridgehead atoms. The first-order valence-corrected chi connectivity index (χ1v) is 6.27. The van der Waals surface area contributed by atoms with Crippen LogP contribution in [0.1, 0.15) is 18.1 Å². The Morgan fingerprint density at radius 1 is 1.05 bits per heavy atom. The number of ether oxygens (including phenoxy) is 2. The monoisotopic (exact) mass is 271 g/mol. The van der Waals surface area contributed by atoms with E-state index < -0.39 is 0 Å². The average molecular weight is 271 g/mol. The first-order chi connectivity index (χ1) is 9.72. The number of rotatable bonds is 5. The number of hydrogen-bond acceptors (Lipinski definition) is 3. The standard InChI is InChI=1S/C16H14FNO2/c1-2-19-16-9-13(10-18)5-8-15(16)20-11-12-3-6-14(17)7-4-12/h3-9H,2,11H2,1H3. The zero-order valence-electron chi connectivity index (χ0n) is 11.1. The van der Waals surface area contributed by atoms with Crippen LogP contribution in [-0.2, 0) is 6.61 Å². The molecule has 0 aromatic heterocycles. The van der Waals surface area contributed by atoms with Gasteiger partial charge in [0.25, 0.3) is 0 Å². The maximum absolute atomic E-state index is 12.8. The second-order valence-electron chi connectivity index (χ2n) is 4.12. The predicted molar refractivity (Wildman–Crippen MR) is 73.1 cm³/mol. The van der Waals surface area contributed by atoms with Gasteiger partial charge in [0.1, 0.15) is 12.4 Å². The fraction of sp³-hybridized carbons (Fsp3) is 0.188. The third-order valence-electron chi connectivity index (χ3n) is 2.68. The predicted octanol–water partition coefficient (Wildman–Crippen LogP) is 3.68. The summed E-state index contributed by atoms with van der Waals surface area (Å²) in [5, 5.41) is 8.87. The van der Waals surface area contributed by atoms with E-state index >= 15 is 0 Å². The lowest BCUT2D eigenvalue weighted by molar-refractivity contribution is 0.269. The van der Waals surface area contributed by atoms with Crippen molar-refractivity contribution in [2.24, 2.45) is 0 Å². The molecule has 0 aliphatic carbocycles. The van der Waals surface area contributed by atoms with Gasteiger partial charge in [0, 0.05) is 6.07 Å². The maximum Gasteiger partial charge on any atom is 0.162 e. The first kappa shape index (κ1) is 13.9. The van der Waals surface area contributed by atoms with Crippen molar-refractivity contribution in [3.8, 4) is 17.6 Å². The van der Waals surface area contributed by atoms with Crippen LogP contribution in [0.15, 0.2) is 42.5 Å². The summed E-state index contributed by atoms with van der Waals surface area (Å²) in [7, 11) is 0. The third-order valence-corrected chi connectivity index (χ3v) is 2.68. The van der Waals surface area contributed by atoms with E-state index in [1.165, 1.54) is 12.1 Å². The molecule has 0 saturated carbocycles. The molecule has 2 aromatic carbocycles. The van der Waals surface area contributed by atoms with Crippen molar-refractivity contribution in [1.29, 1.82) is 5.26 Å². The van der Waals surface area contributed by atoms with E-state index in [0.717, 1.165) is 5.56 Å². The zero-order chi connectivity index (χ0) is 14.4. The summed E-state index contributed by atoms with van der Waals surface area (Å²) in [5.74, 6) is 0.825. The molecular weight excluding hydrogens is 257 g/mol. The maximum atomic E-state index is 12.8. The van der Waals surface area contributed by atoms with Crippen LogP contribution in [0.25, 0.3) is 0 Å². The van der Waals surface area contributed by atoms with Crippen LogP contribution in [-0.4, -0.2) is 6.61 Å². The number of nitriles is 1. The molecule has 0 saturated heterocycles. The summed E-state index contributed by atoms with van der Waals surface area (Å²) < 4.78 is 23.9. The van der Waals surface area contributed by atoms with E-state index in [-0.39, 0.29) is 5.82 Å². The molecular formula is C16H14FNO2. The van der Waals surface area contributed by atoms with Gasteiger partial charge in [-0.05, 0) is 36.8 Å². The molecule has 4 heteroatoms. The van der Waals surface area contributed by atoms with Crippen molar-refractivity contribution < 1.29 is 13.9 Å². The molecule has 0 heterocycles. The van der Waals surface area contributed by atoms with Crippen LogP contribution in [0.4, 0.5) is 4.39 Å².